The first kappa shape index (κ1) is 32.8. The second kappa shape index (κ2) is 16.1. The number of ether oxygens (including phenoxy) is 2. The van der Waals surface area contributed by atoms with Crippen LogP contribution in [0.4, 0.5) is 5.69 Å². The van der Waals surface area contributed by atoms with E-state index in [2.05, 4.69) is 25.9 Å². The summed E-state index contributed by atoms with van der Waals surface area (Å²) in [7, 11) is 1.55. The van der Waals surface area contributed by atoms with Crippen molar-refractivity contribution in [1.29, 1.82) is 0 Å². The SMILES string of the molecule is COc1nc(COc2cccc(-c3cccc(NC(=O)c4ccc(CNCCO)cn4)c3C)c2C)c(Cl)cc1CNCCO. The van der Waals surface area contributed by atoms with E-state index >= 15 is 0 Å². The van der Waals surface area contributed by atoms with E-state index in [4.69, 9.17) is 31.3 Å². The molecule has 11 heteroatoms. The van der Waals surface area contributed by atoms with Gasteiger partial charge in [0.05, 0.1) is 25.3 Å². The average Bonchev–Trinajstić information content (AvgIpc) is 3.03. The highest BCUT2D eigenvalue weighted by molar-refractivity contribution is 6.31. The van der Waals surface area contributed by atoms with Crippen molar-refractivity contribution in [1.82, 2.24) is 20.6 Å². The second-order valence-electron chi connectivity index (χ2n) is 10.1. The zero-order valence-corrected chi connectivity index (χ0v) is 25.9. The summed E-state index contributed by atoms with van der Waals surface area (Å²) in [5, 5.41) is 27.6. The lowest BCUT2D eigenvalue weighted by molar-refractivity contribution is 0.102. The molecule has 0 aliphatic heterocycles. The number of carbonyl (C=O) groups excluding carboxylic acids is 1. The van der Waals surface area contributed by atoms with Crippen LogP contribution in [0.2, 0.25) is 5.02 Å². The van der Waals surface area contributed by atoms with Crippen LogP contribution in [-0.2, 0) is 19.7 Å². The van der Waals surface area contributed by atoms with Crippen molar-refractivity contribution in [2.24, 2.45) is 0 Å². The molecule has 0 saturated heterocycles. The van der Waals surface area contributed by atoms with Crippen LogP contribution in [0.1, 0.15) is 38.4 Å². The fraction of sp³-hybridized carbons (Fsp3) is 0.303. The number of aliphatic hydroxyl groups is 2. The van der Waals surface area contributed by atoms with Gasteiger partial charge in [-0.05, 0) is 65.9 Å². The number of hydrogen-bond acceptors (Lipinski definition) is 9. The van der Waals surface area contributed by atoms with Crippen LogP contribution in [0, 0.1) is 13.8 Å². The van der Waals surface area contributed by atoms with E-state index in [-0.39, 0.29) is 25.7 Å². The van der Waals surface area contributed by atoms with Gasteiger partial charge >= 0.3 is 0 Å². The molecule has 2 aromatic carbocycles. The van der Waals surface area contributed by atoms with Gasteiger partial charge in [0.2, 0.25) is 5.88 Å². The molecule has 1 amide bonds. The highest BCUT2D eigenvalue weighted by Gasteiger charge is 2.16. The van der Waals surface area contributed by atoms with Crippen LogP contribution in [0.5, 0.6) is 11.6 Å². The summed E-state index contributed by atoms with van der Waals surface area (Å²) in [6.45, 7) is 6.16. The maximum absolute atomic E-state index is 13.0. The normalized spacial score (nSPS) is 11.0. The predicted octanol–water partition coefficient (Wildman–Crippen LogP) is 4.42. The summed E-state index contributed by atoms with van der Waals surface area (Å²) in [5.41, 5.74) is 7.02. The number of nitrogens with zero attached hydrogens (tertiary/aromatic N) is 2. The lowest BCUT2D eigenvalue weighted by atomic mass is 9.95. The third-order valence-electron chi connectivity index (χ3n) is 7.08. The number of aliphatic hydroxyl groups excluding tert-OH is 2. The molecule has 44 heavy (non-hydrogen) atoms. The van der Waals surface area contributed by atoms with Crippen LogP contribution in [-0.4, -0.2) is 59.5 Å². The topological polar surface area (TPSA) is 138 Å². The number of rotatable bonds is 15. The van der Waals surface area contributed by atoms with E-state index < -0.39 is 0 Å². The fourth-order valence-electron chi connectivity index (χ4n) is 4.69. The lowest BCUT2D eigenvalue weighted by Crippen LogP contribution is -2.18. The third-order valence-corrected chi connectivity index (χ3v) is 7.41. The van der Waals surface area contributed by atoms with E-state index in [1.54, 1.807) is 25.4 Å². The number of anilines is 1. The third kappa shape index (κ3) is 8.31. The largest absolute Gasteiger partial charge is 0.487 e. The summed E-state index contributed by atoms with van der Waals surface area (Å²) >= 11 is 6.54. The van der Waals surface area contributed by atoms with Crippen LogP contribution in [0.3, 0.4) is 0 Å². The minimum Gasteiger partial charge on any atom is -0.487 e. The Labute approximate surface area is 262 Å². The van der Waals surface area contributed by atoms with Gasteiger partial charge in [0.15, 0.2) is 0 Å². The van der Waals surface area contributed by atoms with Gasteiger partial charge in [-0.1, -0.05) is 41.9 Å². The number of pyridine rings is 2. The van der Waals surface area contributed by atoms with Crippen molar-refractivity contribution in [3.63, 3.8) is 0 Å². The molecule has 2 aromatic heterocycles. The number of benzene rings is 2. The maximum Gasteiger partial charge on any atom is 0.274 e. The highest BCUT2D eigenvalue weighted by Crippen LogP contribution is 2.35. The lowest BCUT2D eigenvalue weighted by Gasteiger charge is -2.17. The smallest absolute Gasteiger partial charge is 0.274 e. The molecule has 0 atom stereocenters. The van der Waals surface area contributed by atoms with Crippen LogP contribution in [0.15, 0.2) is 60.8 Å². The molecule has 10 nitrogen and oxygen atoms in total. The quantitative estimate of drug-likeness (QED) is 0.122. The first-order chi connectivity index (χ1) is 21.4. The molecule has 0 saturated carbocycles. The molecule has 5 N–H and O–H groups in total. The number of nitrogens with one attached hydrogen (secondary N) is 3. The Bertz CT molecular complexity index is 1570. The van der Waals surface area contributed by atoms with Crippen molar-refractivity contribution >= 4 is 23.2 Å². The van der Waals surface area contributed by atoms with Gasteiger partial charge in [-0.25, -0.2) is 4.98 Å². The van der Waals surface area contributed by atoms with Crippen molar-refractivity contribution in [3.05, 3.63) is 99.5 Å². The predicted molar refractivity (Wildman–Crippen MR) is 171 cm³/mol. The molecule has 0 bridgehead atoms. The first-order valence-corrected chi connectivity index (χ1v) is 14.7. The fourth-order valence-corrected chi connectivity index (χ4v) is 4.91. The van der Waals surface area contributed by atoms with Crippen LogP contribution >= 0.6 is 11.6 Å². The second-order valence-corrected chi connectivity index (χ2v) is 10.5. The molecule has 0 spiro atoms. The Morgan fingerprint density at radius 2 is 1.64 bits per heavy atom. The van der Waals surface area contributed by atoms with Gasteiger partial charge < -0.3 is 35.6 Å². The van der Waals surface area contributed by atoms with E-state index in [1.807, 2.05) is 56.3 Å². The maximum atomic E-state index is 13.0. The number of amides is 1. The van der Waals surface area contributed by atoms with Crippen LogP contribution in [0.25, 0.3) is 11.1 Å². The van der Waals surface area contributed by atoms with Crippen molar-refractivity contribution < 1.29 is 24.5 Å². The molecule has 4 aromatic rings. The van der Waals surface area contributed by atoms with Gasteiger partial charge in [0.1, 0.15) is 23.7 Å². The van der Waals surface area contributed by atoms with Crippen molar-refractivity contribution in [3.8, 4) is 22.8 Å². The molecule has 232 valence electrons. The van der Waals surface area contributed by atoms with E-state index in [9.17, 15) is 4.79 Å². The number of halogens is 1. The van der Waals surface area contributed by atoms with E-state index in [0.29, 0.717) is 59.9 Å². The first-order valence-electron chi connectivity index (χ1n) is 14.3. The summed E-state index contributed by atoms with van der Waals surface area (Å²) in [4.78, 5) is 21.9. The molecule has 0 fully saturated rings. The van der Waals surface area contributed by atoms with E-state index in [1.165, 1.54) is 0 Å². The Morgan fingerprint density at radius 1 is 0.932 bits per heavy atom. The summed E-state index contributed by atoms with van der Waals surface area (Å²) in [6, 6.07) is 16.9. The number of carbonyl (C=O) groups is 1. The van der Waals surface area contributed by atoms with Crippen LogP contribution < -0.4 is 25.4 Å². The van der Waals surface area contributed by atoms with E-state index in [0.717, 1.165) is 33.4 Å². The molecular formula is C33H38ClN5O5. The van der Waals surface area contributed by atoms with Gasteiger partial charge in [0, 0.05) is 43.6 Å². The molecule has 0 aliphatic rings. The standard InChI is InChI=1S/C33H38ClN5O5/c1-21-25(6-4-8-28(21)38-32(42)29-11-10-23(18-37-29)17-35-12-14-40)26-7-5-9-31(22(26)2)44-20-30-27(34)16-24(19-36-13-15-41)33(39-30)43-3/h4-11,16,18,35-36,40-41H,12-15,17,19-20H2,1-3H3,(H,38,42). The minimum absolute atomic E-state index is 0.0319. The number of aromatic nitrogens is 2. The molecule has 0 aliphatic carbocycles. The molecule has 4 rings (SSSR count). The van der Waals surface area contributed by atoms with Crippen molar-refractivity contribution in [2.45, 2.75) is 33.5 Å². The summed E-state index contributed by atoms with van der Waals surface area (Å²) in [5.74, 6) is 0.822. The molecular weight excluding hydrogens is 582 g/mol. The van der Waals surface area contributed by atoms with Gasteiger partial charge in [-0.2, -0.15) is 0 Å². The van der Waals surface area contributed by atoms with Crippen molar-refractivity contribution in [2.75, 3.05) is 38.7 Å². The Morgan fingerprint density at radius 3 is 2.32 bits per heavy atom. The summed E-state index contributed by atoms with van der Waals surface area (Å²) in [6.07, 6.45) is 1.65. The summed E-state index contributed by atoms with van der Waals surface area (Å²) < 4.78 is 11.6. The molecule has 0 unspecified atom stereocenters. The minimum atomic E-state index is -0.302. The number of methoxy groups -OCH3 is 1. The number of hydrogen-bond donors (Lipinski definition) is 5. The monoisotopic (exact) mass is 619 g/mol. The van der Waals surface area contributed by atoms with Gasteiger partial charge in [-0.3, -0.25) is 9.78 Å². The van der Waals surface area contributed by atoms with Gasteiger partial charge in [0.25, 0.3) is 5.91 Å². The zero-order chi connectivity index (χ0) is 31.5. The molecule has 0 radical (unpaired) electrons. The Hall–Kier alpha value is -4.06. The Balaban J connectivity index is 1.49. The zero-order valence-electron chi connectivity index (χ0n) is 25.1. The Kier molecular flexibility index (Phi) is 12.0. The highest BCUT2D eigenvalue weighted by atomic mass is 35.5. The van der Waals surface area contributed by atoms with Gasteiger partial charge in [-0.15, -0.1) is 0 Å². The molecule has 2 heterocycles. The average molecular weight is 620 g/mol.